The van der Waals surface area contributed by atoms with Gasteiger partial charge in [0.2, 0.25) is 0 Å². The first-order chi connectivity index (χ1) is 6.79. The van der Waals surface area contributed by atoms with Crippen molar-refractivity contribution in [2.75, 3.05) is 18.5 Å². The highest BCUT2D eigenvalue weighted by Crippen LogP contribution is 2.42. The van der Waals surface area contributed by atoms with E-state index >= 15 is 0 Å². The molecular weight excluding hydrogens is 217 g/mol. The molecule has 16 heavy (non-hydrogen) atoms. The van der Waals surface area contributed by atoms with E-state index < -0.39 is 0 Å². The van der Waals surface area contributed by atoms with Crippen LogP contribution in [0.5, 0.6) is 0 Å². The Balaban J connectivity index is 4.53. The Morgan fingerprint density at radius 3 is 0.938 bits per heavy atom. The predicted molar refractivity (Wildman–Crippen MR) is 76.3 cm³/mol. The second-order valence-corrected chi connectivity index (χ2v) is 9.40. The summed E-state index contributed by atoms with van der Waals surface area (Å²) in [5.41, 5.74) is 18.0. The Hall–Kier alpha value is 0.310. The zero-order valence-electron chi connectivity index (χ0n) is 11.8. The molecule has 98 valence electrons. The summed E-state index contributed by atoms with van der Waals surface area (Å²) in [4.78, 5) is 0. The normalized spacial score (nSPS) is 14.6. The van der Waals surface area contributed by atoms with E-state index in [9.17, 15) is 0 Å². The monoisotopic (exact) mass is 247 g/mol. The van der Waals surface area contributed by atoms with Crippen LogP contribution in [-0.4, -0.2) is 35.1 Å². The molecule has 0 bridgehead atoms. The summed E-state index contributed by atoms with van der Waals surface area (Å²) in [6.45, 7) is 12.5. The van der Waals surface area contributed by atoms with E-state index in [0.29, 0.717) is 0 Å². The van der Waals surface area contributed by atoms with Gasteiger partial charge >= 0.3 is 0 Å². The highest BCUT2D eigenvalue weighted by atomic mass is 31.1. The molecule has 0 amide bonds. The molecule has 0 radical (unpaired) electrons. The van der Waals surface area contributed by atoms with Crippen LogP contribution >= 0.6 is 7.92 Å². The summed E-state index contributed by atoms with van der Waals surface area (Å²) in [6.07, 6.45) is 3.09. The molecule has 0 aromatic rings. The third-order valence-electron chi connectivity index (χ3n) is 1.89. The van der Waals surface area contributed by atoms with Gasteiger partial charge in [-0.1, -0.05) is 0 Å². The fourth-order valence-electron chi connectivity index (χ4n) is 1.90. The minimum Gasteiger partial charge on any atom is -0.325 e. The van der Waals surface area contributed by atoms with Gasteiger partial charge in [0.15, 0.2) is 0 Å². The average molecular weight is 247 g/mol. The summed E-state index contributed by atoms with van der Waals surface area (Å²) in [5.74, 6) is 0. The lowest BCUT2D eigenvalue weighted by molar-refractivity contribution is 0.551. The zero-order valence-corrected chi connectivity index (χ0v) is 12.7. The maximum absolute atomic E-state index is 6.11. The average Bonchev–Trinajstić information content (AvgIpc) is 1.70. The quantitative estimate of drug-likeness (QED) is 0.625. The van der Waals surface area contributed by atoms with Crippen LogP contribution in [0.25, 0.3) is 0 Å². The van der Waals surface area contributed by atoms with Crippen molar-refractivity contribution in [2.45, 2.75) is 58.2 Å². The van der Waals surface area contributed by atoms with Crippen LogP contribution < -0.4 is 17.2 Å². The van der Waals surface area contributed by atoms with Gasteiger partial charge in [0.1, 0.15) is 0 Å². The first-order valence-corrected chi connectivity index (χ1v) is 7.77. The topological polar surface area (TPSA) is 78.1 Å². The third-order valence-corrected chi connectivity index (χ3v) is 5.68. The molecule has 0 fully saturated rings. The molecule has 0 heterocycles. The van der Waals surface area contributed by atoms with E-state index in [1.807, 2.05) is 0 Å². The minimum absolute atomic E-state index is 0.123. The number of rotatable bonds is 6. The molecule has 4 heteroatoms. The largest absolute Gasteiger partial charge is 0.325 e. The van der Waals surface area contributed by atoms with Crippen molar-refractivity contribution in [2.24, 2.45) is 17.2 Å². The molecule has 0 aromatic heterocycles. The lowest BCUT2D eigenvalue weighted by Gasteiger charge is -2.35. The molecule has 0 aliphatic rings. The molecule has 0 aromatic carbocycles. The SMILES string of the molecule is CC(C)(N)CP(CC(C)(C)N)CC(C)(C)N. The van der Waals surface area contributed by atoms with E-state index in [-0.39, 0.29) is 24.5 Å². The molecule has 0 atom stereocenters. The molecule has 0 unspecified atom stereocenters. The van der Waals surface area contributed by atoms with Crippen molar-refractivity contribution >= 4 is 7.92 Å². The number of hydrogen-bond donors (Lipinski definition) is 3. The summed E-state index contributed by atoms with van der Waals surface area (Å²) in [7, 11) is -0.200. The van der Waals surface area contributed by atoms with Crippen LogP contribution in [0.3, 0.4) is 0 Å². The molecule has 6 N–H and O–H groups in total. The second-order valence-electron chi connectivity index (χ2n) is 7.11. The molecule has 0 spiro atoms. The van der Waals surface area contributed by atoms with Crippen molar-refractivity contribution in [3.8, 4) is 0 Å². The van der Waals surface area contributed by atoms with Crippen molar-refractivity contribution in [1.82, 2.24) is 0 Å². The van der Waals surface area contributed by atoms with Crippen molar-refractivity contribution in [3.05, 3.63) is 0 Å². The summed E-state index contributed by atoms with van der Waals surface area (Å²) >= 11 is 0. The van der Waals surface area contributed by atoms with Crippen LogP contribution in [0.1, 0.15) is 41.5 Å². The van der Waals surface area contributed by atoms with Gasteiger partial charge in [-0.05, 0) is 60.0 Å². The molecule has 3 nitrogen and oxygen atoms in total. The highest BCUT2D eigenvalue weighted by Gasteiger charge is 2.27. The van der Waals surface area contributed by atoms with Crippen LogP contribution in [-0.2, 0) is 0 Å². The summed E-state index contributed by atoms with van der Waals surface area (Å²) in [5, 5.41) is 0. The van der Waals surface area contributed by atoms with Gasteiger partial charge in [-0.3, -0.25) is 0 Å². The summed E-state index contributed by atoms with van der Waals surface area (Å²) < 4.78 is 0. The molecule has 0 aliphatic carbocycles. The first-order valence-electron chi connectivity index (χ1n) is 5.88. The second kappa shape index (κ2) is 5.30. The highest BCUT2D eigenvalue weighted by molar-refractivity contribution is 7.58. The van der Waals surface area contributed by atoms with Crippen LogP contribution in [0, 0.1) is 0 Å². The molecular formula is C12H30N3P. The van der Waals surface area contributed by atoms with Gasteiger partial charge in [0.25, 0.3) is 0 Å². The van der Waals surface area contributed by atoms with Crippen molar-refractivity contribution < 1.29 is 0 Å². The van der Waals surface area contributed by atoms with E-state index in [4.69, 9.17) is 17.2 Å². The van der Waals surface area contributed by atoms with Gasteiger partial charge in [-0.25, -0.2) is 0 Å². The van der Waals surface area contributed by atoms with Gasteiger partial charge in [-0.15, -0.1) is 7.92 Å². The van der Waals surface area contributed by atoms with Crippen LogP contribution in [0.2, 0.25) is 0 Å². The van der Waals surface area contributed by atoms with Crippen molar-refractivity contribution in [1.29, 1.82) is 0 Å². The standard InChI is InChI=1S/C12H30N3P/c1-10(2,13)7-16(8-11(3,4)14)9-12(5,6)15/h7-9,13-15H2,1-6H3. The lowest BCUT2D eigenvalue weighted by Crippen LogP contribution is -2.44. The lowest BCUT2D eigenvalue weighted by atomic mass is 10.1. The fraction of sp³-hybridized carbons (Fsp3) is 1.00. The van der Waals surface area contributed by atoms with Gasteiger partial charge < -0.3 is 17.2 Å². The maximum Gasteiger partial charge on any atom is 0.0136 e. The van der Waals surface area contributed by atoms with Crippen LogP contribution in [0.15, 0.2) is 0 Å². The van der Waals surface area contributed by atoms with Gasteiger partial charge in [-0.2, -0.15) is 0 Å². The molecule has 0 saturated heterocycles. The zero-order chi connectivity index (χ0) is 13.2. The summed E-state index contributed by atoms with van der Waals surface area (Å²) in [6, 6.07) is 0. The fourth-order valence-corrected chi connectivity index (χ4v) is 5.69. The molecule has 0 aliphatic heterocycles. The van der Waals surface area contributed by atoms with Gasteiger partial charge in [0, 0.05) is 16.6 Å². The van der Waals surface area contributed by atoms with E-state index in [0.717, 1.165) is 18.5 Å². The Labute approximate surface area is 102 Å². The maximum atomic E-state index is 6.11. The van der Waals surface area contributed by atoms with E-state index in [1.165, 1.54) is 0 Å². The first kappa shape index (κ1) is 16.3. The minimum atomic E-state index is -0.200. The predicted octanol–water partition coefficient (Wildman–Crippen LogP) is 1.68. The van der Waals surface area contributed by atoms with Crippen LogP contribution in [0.4, 0.5) is 0 Å². The number of hydrogen-bond acceptors (Lipinski definition) is 3. The Morgan fingerprint density at radius 1 is 0.625 bits per heavy atom. The van der Waals surface area contributed by atoms with Gasteiger partial charge in [0.05, 0.1) is 0 Å². The Morgan fingerprint density at radius 2 is 0.812 bits per heavy atom. The smallest absolute Gasteiger partial charge is 0.0136 e. The van der Waals surface area contributed by atoms with Crippen molar-refractivity contribution in [3.63, 3.8) is 0 Å². The molecule has 0 saturated carbocycles. The third kappa shape index (κ3) is 10.8. The van der Waals surface area contributed by atoms with E-state index in [2.05, 4.69) is 41.5 Å². The van der Waals surface area contributed by atoms with E-state index in [1.54, 1.807) is 0 Å². The number of nitrogens with two attached hydrogens (primary N) is 3. The molecule has 0 rings (SSSR count). The Kier molecular flexibility index (Phi) is 5.41. The Bertz CT molecular complexity index is 170.